The van der Waals surface area contributed by atoms with Gasteiger partial charge >= 0.3 is 5.97 Å². The molecule has 5 aliphatic rings. The maximum absolute atomic E-state index is 12.4. The number of carbonyl (C=O) groups excluding carboxylic acids is 1. The van der Waals surface area contributed by atoms with E-state index in [-0.39, 0.29) is 29.4 Å². The first-order valence-electron chi connectivity index (χ1n) is 12.8. The van der Waals surface area contributed by atoms with Crippen molar-refractivity contribution in [3.63, 3.8) is 0 Å². The van der Waals surface area contributed by atoms with Crippen molar-refractivity contribution in [3.8, 4) is 0 Å². The Morgan fingerprint density at radius 1 is 1.12 bits per heavy atom. The highest BCUT2D eigenvalue weighted by Crippen LogP contribution is 2.65. The Hall–Kier alpha value is -1.89. The maximum atomic E-state index is 12.4. The Morgan fingerprint density at radius 2 is 1.94 bits per heavy atom. The number of carboxylic acid groups (broad SMARTS) is 1. The number of fused-ring (bicyclic) bond motifs is 5. The second kappa shape index (κ2) is 8.40. The molecule has 0 unspecified atom stereocenters. The lowest BCUT2D eigenvalue weighted by molar-refractivity contribution is -0.150. The largest absolute Gasteiger partial charge is 0.480 e. The van der Waals surface area contributed by atoms with Gasteiger partial charge in [0.2, 0.25) is 0 Å². The van der Waals surface area contributed by atoms with E-state index in [4.69, 9.17) is 4.84 Å². The van der Waals surface area contributed by atoms with Crippen LogP contribution in [0.2, 0.25) is 0 Å². The molecule has 1 amide bonds. The number of nitrogens with zero attached hydrogens (tertiary/aromatic N) is 2. The van der Waals surface area contributed by atoms with Gasteiger partial charge in [-0.05, 0) is 98.9 Å². The number of oxime groups is 1. The highest BCUT2D eigenvalue weighted by molar-refractivity contribution is 5.96. The summed E-state index contributed by atoms with van der Waals surface area (Å²) in [6.45, 7) is 5.02. The van der Waals surface area contributed by atoms with Crippen LogP contribution in [-0.4, -0.2) is 58.0 Å². The van der Waals surface area contributed by atoms with Crippen molar-refractivity contribution >= 4 is 17.6 Å². The first-order valence-corrected chi connectivity index (χ1v) is 12.8. The zero-order valence-electron chi connectivity index (χ0n) is 20.0. The summed E-state index contributed by atoms with van der Waals surface area (Å²) in [4.78, 5) is 30.5. The van der Waals surface area contributed by atoms with E-state index < -0.39 is 12.0 Å². The molecule has 4 fully saturated rings. The molecule has 0 aromatic heterocycles. The van der Waals surface area contributed by atoms with Crippen LogP contribution >= 0.6 is 0 Å². The lowest BCUT2D eigenvalue weighted by atomic mass is 9.47. The van der Waals surface area contributed by atoms with E-state index in [2.05, 4.69) is 25.1 Å². The van der Waals surface area contributed by atoms with Crippen LogP contribution in [0.3, 0.4) is 0 Å². The van der Waals surface area contributed by atoms with Crippen LogP contribution in [0.25, 0.3) is 0 Å². The van der Waals surface area contributed by atoms with Gasteiger partial charge in [0.15, 0.2) is 6.61 Å². The summed E-state index contributed by atoms with van der Waals surface area (Å²) in [7, 11) is 0. The molecule has 0 bridgehead atoms. The van der Waals surface area contributed by atoms with E-state index in [1.54, 1.807) is 0 Å². The number of aliphatic carboxylic acids is 1. The van der Waals surface area contributed by atoms with Gasteiger partial charge in [-0.2, -0.15) is 0 Å². The normalized spacial score (nSPS) is 43.5. The fraction of sp³-hybridized carbons (Fsp3) is 0.808. The zero-order chi connectivity index (χ0) is 23.4. The summed E-state index contributed by atoms with van der Waals surface area (Å²) in [5.74, 6) is 0.775. The Morgan fingerprint density at radius 3 is 2.73 bits per heavy atom. The van der Waals surface area contributed by atoms with Crippen LogP contribution in [0, 0.1) is 28.6 Å². The predicted octanol–water partition coefficient (Wildman–Crippen LogP) is 3.76. The summed E-state index contributed by atoms with van der Waals surface area (Å²) in [5.41, 5.74) is 2.66. The highest BCUT2D eigenvalue weighted by atomic mass is 16.6. The number of amides is 1. The summed E-state index contributed by atoms with van der Waals surface area (Å²) < 4.78 is 0. The number of carbonyl (C=O) groups is 2. The fourth-order valence-corrected chi connectivity index (χ4v) is 8.19. The van der Waals surface area contributed by atoms with Crippen molar-refractivity contribution in [1.82, 2.24) is 4.90 Å². The third-order valence-corrected chi connectivity index (χ3v) is 10.2. The smallest absolute Gasteiger partial charge is 0.326 e. The molecule has 7 atom stereocenters. The summed E-state index contributed by atoms with van der Waals surface area (Å²) in [6, 6.07) is -0.736. The van der Waals surface area contributed by atoms with Gasteiger partial charge in [-0.3, -0.25) is 4.79 Å². The third kappa shape index (κ3) is 3.71. The second-order valence-electron chi connectivity index (χ2n) is 11.6. The molecule has 33 heavy (non-hydrogen) atoms. The monoisotopic (exact) mass is 458 g/mol. The van der Waals surface area contributed by atoms with Gasteiger partial charge in [-0.25, -0.2) is 4.79 Å². The topological polar surface area (TPSA) is 99.4 Å². The number of rotatable bonds is 4. The van der Waals surface area contributed by atoms with Crippen LogP contribution in [0.5, 0.6) is 0 Å². The molecule has 0 radical (unpaired) electrons. The van der Waals surface area contributed by atoms with E-state index in [1.165, 1.54) is 29.7 Å². The van der Waals surface area contributed by atoms with Gasteiger partial charge < -0.3 is 20.0 Å². The lowest BCUT2D eigenvalue weighted by Crippen LogP contribution is -2.51. The minimum absolute atomic E-state index is 0.107. The zero-order valence-corrected chi connectivity index (χ0v) is 20.0. The SMILES string of the molecule is C[C@]12CC[C@H]3[C@@H](CCC4=C/C(=N/OCC(=O)N5CCC[C@@H]5C(=O)O)CC[C@@]43C)[C@@H]1CC[C@@H]2O. The molecule has 1 saturated heterocycles. The van der Waals surface area contributed by atoms with Gasteiger partial charge in [0.1, 0.15) is 6.04 Å². The Bertz CT molecular complexity index is 884. The standard InChI is InChI=1S/C26H38N2O5/c1-25-11-9-17(27-33-15-23(30)28-13-3-4-21(28)24(31)32)14-16(25)5-6-18-19-7-8-22(29)26(19,2)12-10-20(18)25/h14,18-22,29H,3-13,15H2,1-2H3,(H,31,32)/b27-17+/t18-,19-,20-,21+,22-,25-,26-/m0/s1. The van der Waals surface area contributed by atoms with Crippen LogP contribution < -0.4 is 0 Å². The van der Waals surface area contributed by atoms with Crippen LogP contribution in [0.1, 0.15) is 78.1 Å². The van der Waals surface area contributed by atoms with Crippen molar-refractivity contribution in [1.29, 1.82) is 0 Å². The molecular formula is C26H38N2O5. The molecule has 4 aliphatic carbocycles. The van der Waals surface area contributed by atoms with Crippen LogP contribution in [0.15, 0.2) is 16.8 Å². The molecule has 1 aliphatic heterocycles. The average molecular weight is 459 g/mol. The number of hydrogen-bond donors (Lipinski definition) is 2. The molecule has 7 heteroatoms. The van der Waals surface area contributed by atoms with Crippen molar-refractivity contribution in [2.75, 3.05) is 13.2 Å². The molecule has 0 spiro atoms. The summed E-state index contributed by atoms with van der Waals surface area (Å²) in [5, 5.41) is 24.2. The van der Waals surface area contributed by atoms with E-state index >= 15 is 0 Å². The van der Waals surface area contributed by atoms with E-state index in [0.29, 0.717) is 37.1 Å². The molecule has 7 nitrogen and oxygen atoms in total. The van der Waals surface area contributed by atoms with Gasteiger partial charge in [0.25, 0.3) is 5.91 Å². The third-order valence-electron chi connectivity index (χ3n) is 10.2. The Balaban J connectivity index is 1.24. The maximum Gasteiger partial charge on any atom is 0.326 e. The van der Waals surface area contributed by atoms with Crippen molar-refractivity contribution in [3.05, 3.63) is 11.6 Å². The lowest BCUT2D eigenvalue weighted by Gasteiger charge is -2.57. The highest BCUT2D eigenvalue weighted by Gasteiger charge is 2.58. The number of aliphatic hydroxyl groups excluding tert-OH is 1. The predicted molar refractivity (Wildman–Crippen MR) is 123 cm³/mol. The van der Waals surface area contributed by atoms with Crippen LogP contribution in [0.4, 0.5) is 0 Å². The Kier molecular flexibility index (Phi) is 5.82. The number of aliphatic hydroxyl groups is 1. The van der Waals surface area contributed by atoms with Crippen molar-refractivity contribution in [2.24, 2.45) is 33.7 Å². The first kappa shape index (κ1) is 22.9. The van der Waals surface area contributed by atoms with Gasteiger partial charge in [-0.15, -0.1) is 0 Å². The molecule has 0 aromatic rings. The van der Waals surface area contributed by atoms with Crippen molar-refractivity contribution < 1.29 is 24.6 Å². The minimum Gasteiger partial charge on any atom is -0.480 e. The number of likely N-dealkylation sites (tertiary alicyclic amines) is 1. The van der Waals surface area contributed by atoms with Gasteiger partial charge in [0, 0.05) is 6.54 Å². The molecule has 1 heterocycles. The minimum atomic E-state index is -0.950. The van der Waals surface area contributed by atoms with Gasteiger partial charge in [0.05, 0.1) is 11.8 Å². The number of carboxylic acids is 1. The van der Waals surface area contributed by atoms with E-state index in [0.717, 1.165) is 37.8 Å². The molecule has 0 aromatic carbocycles. The number of allylic oxidation sites excluding steroid dienone is 2. The van der Waals surface area contributed by atoms with Crippen molar-refractivity contribution in [2.45, 2.75) is 90.2 Å². The molecule has 3 saturated carbocycles. The first-order chi connectivity index (χ1) is 15.7. The van der Waals surface area contributed by atoms with E-state index in [9.17, 15) is 19.8 Å². The number of hydrogen-bond acceptors (Lipinski definition) is 5. The summed E-state index contributed by atoms with van der Waals surface area (Å²) in [6.07, 6.45) is 11.9. The Labute approximate surface area is 196 Å². The van der Waals surface area contributed by atoms with E-state index in [1.807, 2.05) is 0 Å². The molecule has 5 rings (SSSR count). The summed E-state index contributed by atoms with van der Waals surface area (Å²) >= 11 is 0. The fourth-order valence-electron chi connectivity index (χ4n) is 8.19. The average Bonchev–Trinajstić information content (AvgIpc) is 3.39. The molecule has 182 valence electrons. The van der Waals surface area contributed by atoms with Crippen LogP contribution in [-0.2, 0) is 14.4 Å². The van der Waals surface area contributed by atoms with Gasteiger partial charge in [-0.1, -0.05) is 24.6 Å². The quantitative estimate of drug-likeness (QED) is 0.625. The second-order valence-corrected chi connectivity index (χ2v) is 11.6. The molecule has 2 N–H and O–H groups in total. The molecular weight excluding hydrogens is 420 g/mol.